The highest BCUT2D eigenvalue weighted by Gasteiger charge is 2.29. The molecule has 0 heterocycles. The van der Waals surface area contributed by atoms with Gasteiger partial charge in [0.2, 0.25) is 15.9 Å². The van der Waals surface area contributed by atoms with Gasteiger partial charge in [0.1, 0.15) is 6.04 Å². The number of carboxylic acids is 1. The smallest absolute Gasteiger partial charge is 0.303 e. The molecule has 0 spiro atoms. The van der Waals surface area contributed by atoms with Gasteiger partial charge in [-0.25, -0.2) is 8.42 Å². The van der Waals surface area contributed by atoms with E-state index in [2.05, 4.69) is 10.0 Å². The first-order chi connectivity index (χ1) is 15.7. The minimum Gasteiger partial charge on any atom is -0.481 e. The zero-order chi connectivity index (χ0) is 24.0. The van der Waals surface area contributed by atoms with Gasteiger partial charge in [-0.15, -0.1) is 0 Å². The first-order valence-electron chi connectivity index (χ1n) is 10.4. The molecule has 2 amide bonds. The van der Waals surface area contributed by atoms with Crippen LogP contribution in [0, 0.1) is 0 Å². The summed E-state index contributed by atoms with van der Waals surface area (Å²) in [6.45, 7) is 1.86. The minimum atomic E-state index is -4.21. The molecule has 3 aromatic carbocycles. The van der Waals surface area contributed by atoms with Crippen LogP contribution in [0.3, 0.4) is 0 Å². The Hall–Kier alpha value is -3.56. The van der Waals surface area contributed by atoms with Crippen molar-refractivity contribution >= 4 is 38.6 Å². The predicted molar refractivity (Wildman–Crippen MR) is 123 cm³/mol. The molecule has 0 bridgehead atoms. The highest BCUT2D eigenvalue weighted by molar-refractivity contribution is 7.89. The molecule has 0 aliphatic heterocycles. The van der Waals surface area contributed by atoms with Crippen LogP contribution in [0.1, 0.15) is 35.7 Å². The molecule has 172 valence electrons. The van der Waals surface area contributed by atoms with Crippen LogP contribution in [0.4, 0.5) is 0 Å². The average Bonchev–Trinajstić information content (AvgIpc) is 2.81. The Morgan fingerprint density at radius 3 is 2.33 bits per heavy atom. The molecule has 9 heteroatoms. The summed E-state index contributed by atoms with van der Waals surface area (Å²) in [5, 5.41) is 12.4. The Morgan fingerprint density at radius 1 is 0.939 bits per heavy atom. The monoisotopic (exact) mass is 468 g/mol. The molecule has 0 unspecified atom stereocenters. The maximum Gasteiger partial charge on any atom is 0.303 e. The van der Waals surface area contributed by atoms with Crippen molar-refractivity contribution in [3.63, 3.8) is 0 Å². The van der Waals surface area contributed by atoms with Gasteiger partial charge in [0.05, 0.1) is 4.90 Å². The van der Waals surface area contributed by atoms with Crippen LogP contribution in [0.25, 0.3) is 10.8 Å². The van der Waals surface area contributed by atoms with Crippen molar-refractivity contribution in [3.8, 4) is 0 Å². The van der Waals surface area contributed by atoms with E-state index in [0.717, 1.165) is 5.56 Å². The number of carboxylic acid groups (broad SMARTS) is 1. The Labute approximate surface area is 191 Å². The van der Waals surface area contributed by atoms with Gasteiger partial charge in [-0.2, -0.15) is 4.72 Å². The van der Waals surface area contributed by atoms with Crippen molar-refractivity contribution in [2.45, 2.75) is 37.1 Å². The topological polar surface area (TPSA) is 130 Å². The normalized spacial score (nSPS) is 12.3. The zero-order valence-corrected chi connectivity index (χ0v) is 18.8. The van der Waals surface area contributed by atoms with Gasteiger partial charge in [0.15, 0.2) is 0 Å². The number of aliphatic carboxylic acids is 1. The summed E-state index contributed by atoms with van der Waals surface area (Å²) in [6.07, 6.45) is -0.225. The maximum atomic E-state index is 13.1. The predicted octanol–water partition coefficient (Wildman–Crippen LogP) is 2.87. The van der Waals surface area contributed by atoms with Gasteiger partial charge in [-0.1, -0.05) is 61.5 Å². The molecule has 1 atom stereocenters. The lowest BCUT2D eigenvalue weighted by Crippen LogP contribution is -2.48. The summed E-state index contributed by atoms with van der Waals surface area (Å²) in [5.74, 6) is -2.79. The van der Waals surface area contributed by atoms with Gasteiger partial charge in [-0.3, -0.25) is 19.7 Å². The third-order valence-electron chi connectivity index (χ3n) is 5.18. The number of carbonyl (C=O) groups excluding carboxylic acids is 2. The van der Waals surface area contributed by atoms with Crippen molar-refractivity contribution in [2.24, 2.45) is 0 Å². The van der Waals surface area contributed by atoms with E-state index in [4.69, 9.17) is 5.11 Å². The Morgan fingerprint density at radius 2 is 1.61 bits per heavy atom. The molecular weight excluding hydrogens is 444 g/mol. The van der Waals surface area contributed by atoms with Gasteiger partial charge in [0, 0.05) is 17.4 Å². The van der Waals surface area contributed by atoms with E-state index in [1.54, 1.807) is 60.7 Å². The van der Waals surface area contributed by atoms with E-state index in [1.165, 1.54) is 6.07 Å². The third-order valence-corrected chi connectivity index (χ3v) is 6.71. The number of amides is 2. The molecule has 3 rings (SSSR count). The number of aryl methyl sites for hydroxylation is 1. The van der Waals surface area contributed by atoms with E-state index in [-0.39, 0.29) is 11.3 Å². The van der Waals surface area contributed by atoms with Crippen LogP contribution in [-0.4, -0.2) is 37.3 Å². The lowest BCUT2D eigenvalue weighted by molar-refractivity contribution is -0.137. The summed E-state index contributed by atoms with van der Waals surface area (Å²) < 4.78 is 28.6. The second-order valence-electron chi connectivity index (χ2n) is 7.41. The van der Waals surface area contributed by atoms with Gasteiger partial charge in [-0.05, 0) is 35.9 Å². The fourth-order valence-corrected chi connectivity index (χ4v) is 4.97. The Balaban J connectivity index is 1.88. The lowest BCUT2D eigenvalue weighted by atomic mass is 10.0. The first kappa shape index (κ1) is 24.1. The number of hydrogen-bond donors (Lipinski definition) is 3. The van der Waals surface area contributed by atoms with Crippen molar-refractivity contribution in [2.75, 3.05) is 0 Å². The zero-order valence-electron chi connectivity index (χ0n) is 17.9. The summed E-state index contributed by atoms with van der Waals surface area (Å²) in [5.41, 5.74) is 1.02. The molecule has 0 saturated heterocycles. The quantitative estimate of drug-likeness (QED) is 0.443. The minimum absolute atomic E-state index is 0.0450. The first-order valence-corrected chi connectivity index (χ1v) is 11.9. The van der Waals surface area contributed by atoms with Crippen LogP contribution in [0.15, 0.2) is 71.6 Å². The largest absolute Gasteiger partial charge is 0.481 e. The maximum absolute atomic E-state index is 13.1. The van der Waals surface area contributed by atoms with Crippen molar-refractivity contribution in [3.05, 3.63) is 77.9 Å². The standard InChI is InChI=1S/C24H24N2O6S/c1-2-16-8-3-6-12-19(16)23(29)25-24(30)20(14-15-22(27)28)26-33(31,32)21-13-7-10-17-9-4-5-11-18(17)21/h3-13,20,26H,2,14-15H2,1H3,(H,27,28)(H,25,29,30)/t20-/m1/s1. The number of carbonyl (C=O) groups is 3. The average molecular weight is 469 g/mol. The van der Waals surface area contributed by atoms with E-state index in [1.807, 2.05) is 6.92 Å². The van der Waals surface area contributed by atoms with Crippen LogP contribution in [0.2, 0.25) is 0 Å². The second kappa shape index (κ2) is 10.4. The van der Waals surface area contributed by atoms with Crippen LogP contribution in [-0.2, 0) is 26.0 Å². The number of hydrogen-bond acceptors (Lipinski definition) is 5. The third kappa shape index (κ3) is 5.82. The molecule has 0 aliphatic carbocycles. The number of rotatable bonds is 9. The molecule has 8 nitrogen and oxygen atoms in total. The molecular formula is C24H24N2O6S. The highest BCUT2D eigenvalue weighted by Crippen LogP contribution is 2.23. The summed E-state index contributed by atoms with van der Waals surface area (Å²) in [7, 11) is -4.21. The summed E-state index contributed by atoms with van der Waals surface area (Å²) in [4.78, 5) is 36.6. The number of fused-ring (bicyclic) bond motifs is 1. The molecule has 0 aromatic heterocycles. The molecule has 3 N–H and O–H groups in total. The fraction of sp³-hybridized carbons (Fsp3) is 0.208. The summed E-state index contributed by atoms with van der Waals surface area (Å²) in [6, 6.07) is 16.9. The summed E-state index contributed by atoms with van der Waals surface area (Å²) >= 11 is 0. The molecule has 33 heavy (non-hydrogen) atoms. The number of sulfonamides is 1. The second-order valence-corrected chi connectivity index (χ2v) is 9.10. The van der Waals surface area contributed by atoms with Gasteiger partial charge in [0.25, 0.3) is 5.91 Å². The molecule has 0 fully saturated rings. The van der Waals surface area contributed by atoms with E-state index < -0.39 is 40.3 Å². The highest BCUT2D eigenvalue weighted by atomic mass is 32.2. The lowest BCUT2D eigenvalue weighted by Gasteiger charge is -2.18. The number of imide groups is 1. The molecule has 0 aliphatic rings. The van der Waals surface area contributed by atoms with Crippen molar-refractivity contribution < 1.29 is 27.9 Å². The van der Waals surface area contributed by atoms with E-state index in [9.17, 15) is 22.8 Å². The molecule has 0 saturated carbocycles. The van der Waals surface area contributed by atoms with E-state index in [0.29, 0.717) is 22.8 Å². The van der Waals surface area contributed by atoms with Crippen LogP contribution < -0.4 is 10.0 Å². The Bertz CT molecular complexity index is 1300. The SMILES string of the molecule is CCc1ccccc1C(=O)NC(=O)[C@@H](CCC(=O)O)NS(=O)(=O)c1cccc2ccccc12. The Kier molecular flexibility index (Phi) is 7.57. The number of nitrogens with one attached hydrogen (secondary N) is 2. The van der Waals surface area contributed by atoms with Crippen molar-refractivity contribution in [1.82, 2.24) is 10.0 Å². The molecule has 3 aromatic rings. The van der Waals surface area contributed by atoms with E-state index >= 15 is 0 Å². The van der Waals surface area contributed by atoms with Crippen LogP contribution in [0.5, 0.6) is 0 Å². The van der Waals surface area contributed by atoms with Gasteiger partial charge >= 0.3 is 5.97 Å². The molecule has 0 radical (unpaired) electrons. The van der Waals surface area contributed by atoms with Gasteiger partial charge < -0.3 is 5.11 Å². The fourth-order valence-electron chi connectivity index (χ4n) is 3.51. The number of benzene rings is 3. The van der Waals surface area contributed by atoms with Crippen LogP contribution >= 0.6 is 0 Å². The van der Waals surface area contributed by atoms with Crippen molar-refractivity contribution in [1.29, 1.82) is 0 Å².